The zero-order valence-electron chi connectivity index (χ0n) is 22.0. The van der Waals surface area contributed by atoms with Gasteiger partial charge in [-0.1, -0.05) is 40.9 Å². The predicted molar refractivity (Wildman–Crippen MR) is 152 cm³/mol. The van der Waals surface area contributed by atoms with Crippen LogP contribution in [-0.2, 0) is 22.6 Å². The highest BCUT2D eigenvalue weighted by Crippen LogP contribution is 2.36. The van der Waals surface area contributed by atoms with Crippen LogP contribution in [0.5, 0.6) is 0 Å². The van der Waals surface area contributed by atoms with Crippen LogP contribution < -0.4 is 9.80 Å². The minimum absolute atomic E-state index is 0.0721. The number of ketones is 1. The van der Waals surface area contributed by atoms with E-state index in [-0.39, 0.29) is 45.5 Å². The van der Waals surface area contributed by atoms with Crippen LogP contribution >= 0.6 is 34.8 Å². The molecule has 4 heterocycles. The summed E-state index contributed by atoms with van der Waals surface area (Å²) in [5.74, 6) is -1.15. The molecule has 0 amide bonds. The van der Waals surface area contributed by atoms with Crippen molar-refractivity contribution in [2.45, 2.75) is 36.8 Å². The summed E-state index contributed by atoms with van der Waals surface area (Å²) >= 11 is 18.2. The molecule has 0 radical (unpaired) electrons. The molecule has 42 heavy (non-hydrogen) atoms. The molecular weight excluding hydrogens is 642 g/mol. The summed E-state index contributed by atoms with van der Waals surface area (Å²) in [7, 11) is -3.98. The number of oxazole rings is 1. The molecule has 1 aromatic carbocycles. The number of hydrogen-bond donors (Lipinski definition) is 0. The Morgan fingerprint density at radius 3 is 2.14 bits per heavy atom. The van der Waals surface area contributed by atoms with Crippen LogP contribution in [0.4, 0.5) is 25.0 Å². The molecule has 16 heteroatoms. The minimum Gasteiger partial charge on any atom is -0.420 e. The maximum absolute atomic E-state index is 13.7. The molecule has 2 aromatic heterocycles. The van der Waals surface area contributed by atoms with E-state index in [9.17, 15) is 26.4 Å². The Labute approximate surface area is 255 Å². The van der Waals surface area contributed by atoms with E-state index >= 15 is 0 Å². The SMILES string of the molecule is O=C(Cc1ccc(N2CCN(S(=O)(=O)c3c(Cl)cc(Cl)cc3Cl)CC2)nc1)c1oc(N2CCCCC2)nc1C(F)(F)F. The molecule has 0 bridgehead atoms. The van der Waals surface area contributed by atoms with Crippen molar-refractivity contribution in [3.05, 3.63) is 62.5 Å². The van der Waals surface area contributed by atoms with Gasteiger partial charge in [0.15, 0.2) is 5.69 Å². The first kappa shape index (κ1) is 30.9. The van der Waals surface area contributed by atoms with Crippen molar-refractivity contribution < 1.29 is 30.8 Å². The molecule has 3 aromatic rings. The van der Waals surface area contributed by atoms with E-state index in [1.807, 2.05) is 4.90 Å². The fourth-order valence-electron chi connectivity index (χ4n) is 4.95. The van der Waals surface area contributed by atoms with Crippen molar-refractivity contribution in [1.29, 1.82) is 0 Å². The number of anilines is 2. The van der Waals surface area contributed by atoms with Crippen LogP contribution in [0.25, 0.3) is 0 Å². The second-order valence-corrected chi connectivity index (χ2v) is 13.1. The van der Waals surface area contributed by atoms with Crippen molar-refractivity contribution in [2.24, 2.45) is 0 Å². The maximum Gasteiger partial charge on any atom is 0.437 e. The number of nitrogens with zero attached hydrogens (tertiary/aromatic N) is 5. The lowest BCUT2D eigenvalue weighted by atomic mass is 10.1. The number of halogens is 6. The zero-order chi connectivity index (χ0) is 30.2. The van der Waals surface area contributed by atoms with E-state index in [2.05, 4.69) is 9.97 Å². The molecule has 2 saturated heterocycles. The summed E-state index contributed by atoms with van der Waals surface area (Å²) in [4.78, 5) is 24.1. The predicted octanol–water partition coefficient (Wildman–Crippen LogP) is 5.98. The van der Waals surface area contributed by atoms with Crippen LogP contribution in [0.3, 0.4) is 0 Å². The molecule has 0 atom stereocenters. The number of piperazine rings is 1. The highest BCUT2D eigenvalue weighted by Gasteiger charge is 2.42. The van der Waals surface area contributed by atoms with E-state index in [4.69, 9.17) is 39.2 Å². The Balaban J connectivity index is 1.24. The number of carbonyl (C=O) groups is 1. The average molecular weight is 667 g/mol. The lowest BCUT2D eigenvalue weighted by Gasteiger charge is -2.35. The Morgan fingerprint density at radius 1 is 0.929 bits per heavy atom. The number of benzene rings is 1. The summed E-state index contributed by atoms with van der Waals surface area (Å²) in [6.45, 7) is 1.90. The van der Waals surface area contributed by atoms with E-state index in [0.717, 1.165) is 19.3 Å². The number of aromatic nitrogens is 2. The van der Waals surface area contributed by atoms with Gasteiger partial charge in [-0.2, -0.15) is 22.5 Å². The number of sulfonamides is 1. The molecule has 9 nitrogen and oxygen atoms in total. The number of hydrogen-bond acceptors (Lipinski definition) is 8. The van der Waals surface area contributed by atoms with Crippen molar-refractivity contribution in [2.75, 3.05) is 49.1 Å². The fraction of sp³-hybridized carbons (Fsp3) is 0.423. The molecule has 2 aliphatic rings. The summed E-state index contributed by atoms with van der Waals surface area (Å²) in [6.07, 6.45) is -1.22. The van der Waals surface area contributed by atoms with Gasteiger partial charge >= 0.3 is 6.18 Å². The second kappa shape index (κ2) is 12.2. The lowest BCUT2D eigenvalue weighted by molar-refractivity contribution is -0.141. The molecule has 0 aliphatic carbocycles. The quantitative estimate of drug-likeness (QED) is 0.284. The topological polar surface area (TPSA) is 99.9 Å². The molecule has 0 saturated carbocycles. The molecule has 5 rings (SSSR count). The number of alkyl halides is 3. The van der Waals surface area contributed by atoms with Gasteiger partial charge in [-0.25, -0.2) is 13.4 Å². The Hall–Kier alpha value is -2.58. The van der Waals surface area contributed by atoms with E-state index in [1.165, 1.54) is 22.6 Å². The van der Waals surface area contributed by atoms with Gasteiger partial charge in [0.25, 0.3) is 6.01 Å². The van der Waals surface area contributed by atoms with Gasteiger partial charge in [-0.3, -0.25) is 4.79 Å². The third-order valence-electron chi connectivity index (χ3n) is 7.06. The van der Waals surface area contributed by atoms with Gasteiger partial charge in [-0.15, -0.1) is 0 Å². The van der Waals surface area contributed by atoms with Crippen LogP contribution in [-0.4, -0.2) is 67.7 Å². The zero-order valence-corrected chi connectivity index (χ0v) is 25.1. The van der Waals surface area contributed by atoms with E-state index in [0.29, 0.717) is 37.6 Å². The third kappa shape index (κ3) is 6.49. The van der Waals surface area contributed by atoms with Crippen molar-refractivity contribution in [1.82, 2.24) is 14.3 Å². The van der Waals surface area contributed by atoms with E-state index in [1.54, 1.807) is 17.0 Å². The molecule has 2 fully saturated rings. The smallest absolute Gasteiger partial charge is 0.420 e. The van der Waals surface area contributed by atoms with Crippen LogP contribution in [0.2, 0.25) is 15.1 Å². The fourth-order valence-corrected chi connectivity index (χ4v) is 7.86. The summed E-state index contributed by atoms with van der Waals surface area (Å²) < 4.78 is 74.0. The molecular formula is C26H25Cl3F3N5O4S. The summed E-state index contributed by atoms with van der Waals surface area (Å²) in [6, 6.07) is 5.65. The first-order chi connectivity index (χ1) is 19.8. The van der Waals surface area contributed by atoms with Gasteiger partial charge in [0.1, 0.15) is 10.7 Å². The minimum atomic E-state index is -4.84. The molecule has 226 valence electrons. The van der Waals surface area contributed by atoms with Crippen LogP contribution in [0.15, 0.2) is 39.8 Å². The largest absolute Gasteiger partial charge is 0.437 e. The van der Waals surface area contributed by atoms with Gasteiger partial charge in [0.2, 0.25) is 21.6 Å². The first-order valence-corrected chi connectivity index (χ1v) is 15.6. The summed E-state index contributed by atoms with van der Waals surface area (Å²) in [5, 5.41) is 0.0723. The number of Topliss-reactive ketones (excluding diaryl/α,β-unsaturated/α-hetero) is 1. The molecule has 0 spiro atoms. The highest BCUT2D eigenvalue weighted by molar-refractivity contribution is 7.89. The normalized spacial score (nSPS) is 17.1. The molecule has 0 unspecified atom stereocenters. The van der Waals surface area contributed by atoms with Crippen molar-refractivity contribution >= 4 is 62.4 Å². The van der Waals surface area contributed by atoms with Crippen molar-refractivity contribution in [3.8, 4) is 0 Å². The number of rotatable bonds is 7. The number of carbonyl (C=O) groups excluding carboxylic acids is 1. The second-order valence-electron chi connectivity index (χ2n) is 9.93. The van der Waals surface area contributed by atoms with Crippen LogP contribution in [0, 0.1) is 0 Å². The number of piperidine rings is 1. The first-order valence-electron chi connectivity index (χ1n) is 13.1. The van der Waals surface area contributed by atoms with Crippen LogP contribution in [0.1, 0.15) is 41.1 Å². The maximum atomic E-state index is 13.7. The van der Waals surface area contributed by atoms with E-state index < -0.39 is 33.4 Å². The third-order valence-corrected chi connectivity index (χ3v) is 10.1. The Morgan fingerprint density at radius 2 is 1.57 bits per heavy atom. The highest BCUT2D eigenvalue weighted by atomic mass is 35.5. The summed E-state index contributed by atoms with van der Waals surface area (Å²) in [5.41, 5.74) is -0.937. The van der Waals surface area contributed by atoms with Crippen molar-refractivity contribution in [3.63, 3.8) is 0 Å². The molecule has 0 N–H and O–H groups in total. The van der Waals surface area contributed by atoms with Gasteiger partial charge < -0.3 is 14.2 Å². The van der Waals surface area contributed by atoms with Gasteiger partial charge in [0.05, 0.1) is 10.0 Å². The average Bonchev–Trinajstić information content (AvgIpc) is 3.40. The monoisotopic (exact) mass is 665 g/mol. The Kier molecular flexibility index (Phi) is 8.96. The Bertz CT molecular complexity index is 1550. The number of pyridine rings is 1. The standard InChI is InChI=1S/C26H25Cl3F3N5O4S/c27-17-13-18(28)23(19(29)14-17)42(39,40)37-10-8-35(9-11-37)21-5-4-16(15-33-21)12-20(38)22-24(26(30,31)32)34-25(41-22)36-6-2-1-3-7-36/h4-5,13-15H,1-3,6-12H2. The molecule has 2 aliphatic heterocycles. The lowest BCUT2D eigenvalue weighted by Crippen LogP contribution is -2.49. The van der Waals surface area contributed by atoms with Gasteiger partial charge in [0, 0.05) is 56.9 Å². The van der Waals surface area contributed by atoms with Gasteiger partial charge in [-0.05, 0) is 43.0 Å².